The Bertz CT molecular complexity index is 840. The van der Waals surface area contributed by atoms with E-state index in [1.54, 1.807) is 0 Å². The summed E-state index contributed by atoms with van der Waals surface area (Å²) in [5.41, 5.74) is -2.19. The van der Waals surface area contributed by atoms with Gasteiger partial charge in [0.15, 0.2) is 0 Å². The van der Waals surface area contributed by atoms with Crippen LogP contribution in [-0.2, 0) is 38.6 Å². The molecule has 1 aromatic heterocycles. The van der Waals surface area contributed by atoms with E-state index in [9.17, 15) is 19.2 Å². The van der Waals surface area contributed by atoms with Gasteiger partial charge in [0.25, 0.3) is 0 Å². The highest BCUT2D eigenvalue weighted by Crippen LogP contribution is 2.22. The fraction of sp³-hybridized carbons (Fsp3) is 0.625. The normalized spacial score (nSPS) is 26.4. The first kappa shape index (κ1) is 18.3. The molecule has 0 amide bonds. The van der Waals surface area contributed by atoms with Crippen LogP contribution in [0, 0.1) is 0 Å². The van der Waals surface area contributed by atoms with E-state index in [4.69, 9.17) is 14.2 Å². The molecule has 2 aliphatic heterocycles. The molecule has 0 aliphatic carbocycles. The lowest BCUT2D eigenvalue weighted by atomic mass is 10.3. The summed E-state index contributed by atoms with van der Waals surface area (Å²) in [5.74, 6) is -0.660. The number of hydrogen-bond donors (Lipinski definition) is 0. The molecule has 1 aromatic rings. The fourth-order valence-electron chi connectivity index (χ4n) is 2.69. The van der Waals surface area contributed by atoms with Crippen LogP contribution >= 0.6 is 0 Å². The largest absolute Gasteiger partial charge is 0.461 e. The Morgan fingerprint density at radius 2 is 1.42 bits per heavy atom. The van der Waals surface area contributed by atoms with Gasteiger partial charge in [0, 0.05) is 6.08 Å². The molecule has 2 saturated heterocycles. The van der Waals surface area contributed by atoms with Crippen molar-refractivity contribution in [2.75, 3.05) is 6.61 Å². The summed E-state index contributed by atoms with van der Waals surface area (Å²) in [6.45, 7) is 6.70. The molecule has 3 heterocycles. The minimum absolute atomic E-state index is 0.0459. The Balaban J connectivity index is 1.93. The summed E-state index contributed by atoms with van der Waals surface area (Å²) in [6, 6.07) is 0. The molecular formula is C16H21N3O7. The number of aromatic nitrogens is 3. The molecule has 0 aromatic carbocycles. The summed E-state index contributed by atoms with van der Waals surface area (Å²) in [7, 11) is 0. The Morgan fingerprint density at radius 3 is 1.81 bits per heavy atom. The third-order valence-corrected chi connectivity index (χ3v) is 4.51. The van der Waals surface area contributed by atoms with Gasteiger partial charge in [-0.25, -0.2) is 32.9 Å². The second kappa shape index (κ2) is 7.04. The zero-order valence-electron chi connectivity index (χ0n) is 14.6. The van der Waals surface area contributed by atoms with E-state index in [1.807, 2.05) is 13.8 Å². The molecule has 4 unspecified atom stereocenters. The molecule has 0 N–H and O–H groups in total. The molecule has 0 bridgehead atoms. The Labute approximate surface area is 148 Å². The van der Waals surface area contributed by atoms with E-state index < -0.39 is 23.0 Å². The second-order valence-electron chi connectivity index (χ2n) is 6.35. The number of nitrogens with zero attached hydrogens (tertiary/aromatic N) is 3. The van der Waals surface area contributed by atoms with E-state index in [-0.39, 0.29) is 50.7 Å². The molecule has 142 valence electrons. The van der Waals surface area contributed by atoms with Crippen LogP contribution in [0.25, 0.3) is 0 Å². The minimum Gasteiger partial charge on any atom is -0.461 e. The van der Waals surface area contributed by atoms with Crippen molar-refractivity contribution in [1.29, 1.82) is 0 Å². The molecule has 4 atom stereocenters. The zero-order valence-corrected chi connectivity index (χ0v) is 14.6. The Hall–Kier alpha value is -2.46. The SMILES string of the molecule is C=CC(=O)OCCn1c(=O)n(CC2OC2C)c(=O)n(CC2OC2C)c1=O. The van der Waals surface area contributed by atoms with Crippen LogP contribution in [-0.4, -0.2) is 50.7 Å². The van der Waals surface area contributed by atoms with Gasteiger partial charge < -0.3 is 14.2 Å². The lowest BCUT2D eigenvalue weighted by Gasteiger charge is -2.13. The van der Waals surface area contributed by atoms with Crippen LogP contribution in [0.15, 0.2) is 27.0 Å². The van der Waals surface area contributed by atoms with Gasteiger partial charge >= 0.3 is 23.0 Å². The van der Waals surface area contributed by atoms with Gasteiger partial charge in [-0.05, 0) is 13.8 Å². The quantitative estimate of drug-likeness (QED) is 0.311. The minimum atomic E-state index is -0.752. The van der Waals surface area contributed by atoms with E-state index in [2.05, 4.69) is 6.58 Å². The highest BCUT2D eigenvalue weighted by Gasteiger charge is 2.38. The van der Waals surface area contributed by atoms with Crippen molar-refractivity contribution in [2.24, 2.45) is 0 Å². The number of carbonyl (C=O) groups excluding carboxylic acids is 1. The fourth-order valence-corrected chi connectivity index (χ4v) is 2.69. The van der Waals surface area contributed by atoms with Crippen molar-refractivity contribution in [3.05, 3.63) is 44.1 Å². The molecule has 0 spiro atoms. The van der Waals surface area contributed by atoms with E-state index >= 15 is 0 Å². The lowest BCUT2D eigenvalue weighted by molar-refractivity contribution is -0.138. The van der Waals surface area contributed by atoms with E-state index in [0.29, 0.717) is 0 Å². The van der Waals surface area contributed by atoms with Crippen molar-refractivity contribution in [3.8, 4) is 0 Å². The maximum Gasteiger partial charge on any atom is 0.336 e. The zero-order chi connectivity index (χ0) is 19.0. The third kappa shape index (κ3) is 3.70. The van der Waals surface area contributed by atoms with E-state index in [1.165, 1.54) is 0 Å². The first-order valence-corrected chi connectivity index (χ1v) is 8.38. The number of rotatable bonds is 8. The molecule has 10 heteroatoms. The van der Waals surface area contributed by atoms with Gasteiger partial charge in [0.2, 0.25) is 0 Å². The monoisotopic (exact) mass is 367 g/mol. The van der Waals surface area contributed by atoms with Crippen LogP contribution in [0.2, 0.25) is 0 Å². The molecule has 26 heavy (non-hydrogen) atoms. The summed E-state index contributed by atoms with van der Waals surface area (Å²) >= 11 is 0. The van der Waals surface area contributed by atoms with Crippen molar-refractivity contribution >= 4 is 5.97 Å². The van der Waals surface area contributed by atoms with Gasteiger partial charge in [0.05, 0.1) is 31.8 Å². The molecule has 2 aliphatic rings. The van der Waals surface area contributed by atoms with Crippen LogP contribution in [0.3, 0.4) is 0 Å². The Kier molecular flexibility index (Phi) is 4.97. The third-order valence-electron chi connectivity index (χ3n) is 4.51. The topological polar surface area (TPSA) is 117 Å². The molecule has 0 radical (unpaired) electrons. The number of ether oxygens (including phenoxy) is 3. The number of esters is 1. The maximum absolute atomic E-state index is 12.6. The highest BCUT2D eigenvalue weighted by molar-refractivity contribution is 5.81. The summed E-state index contributed by atoms with van der Waals surface area (Å²) in [4.78, 5) is 49.0. The van der Waals surface area contributed by atoms with Gasteiger partial charge in [-0.2, -0.15) is 0 Å². The number of hydrogen-bond acceptors (Lipinski definition) is 7. The maximum atomic E-state index is 12.6. The van der Waals surface area contributed by atoms with Crippen molar-refractivity contribution in [2.45, 2.75) is 57.9 Å². The Morgan fingerprint density at radius 1 is 1.00 bits per heavy atom. The van der Waals surface area contributed by atoms with Crippen LogP contribution in [0.1, 0.15) is 13.8 Å². The standard InChI is InChI=1S/C16H21N3O7/c1-4-13(20)24-6-5-17-14(21)18(7-11-9(2)25-11)16(23)19(15(17)22)8-12-10(3)26-12/h4,9-12H,1,5-8H2,2-3H3. The van der Waals surface area contributed by atoms with Crippen molar-refractivity contribution < 1.29 is 19.0 Å². The van der Waals surface area contributed by atoms with E-state index in [0.717, 1.165) is 19.8 Å². The van der Waals surface area contributed by atoms with Crippen LogP contribution in [0.5, 0.6) is 0 Å². The second-order valence-corrected chi connectivity index (χ2v) is 6.35. The smallest absolute Gasteiger partial charge is 0.336 e. The van der Waals surface area contributed by atoms with Gasteiger partial charge in [-0.15, -0.1) is 0 Å². The first-order chi connectivity index (χ1) is 12.3. The summed E-state index contributed by atoms with van der Waals surface area (Å²) in [6.07, 6.45) is 0.412. The van der Waals surface area contributed by atoms with Gasteiger partial charge in [0.1, 0.15) is 18.8 Å². The highest BCUT2D eigenvalue weighted by atomic mass is 16.6. The molecule has 2 fully saturated rings. The van der Waals surface area contributed by atoms with Crippen molar-refractivity contribution in [1.82, 2.24) is 13.7 Å². The lowest BCUT2D eigenvalue weighted by Crippen LogP contribution is -2.55. The van der Waals surface area contributed by atoms with Crippen LogP contribution < -0.4 is 17.1 Å². The van der Waals surface area contributed by atoms with Gasteiger partial charge in [-0.3, -0.25) is 0 Å². The van der Waals surface area contributed by atoms with Gasteiger partial charge in [-0.1, -0.05) is 6.58 Å². The summed E-state index contributed by atoms with van der Waals surface area (Å²) in [5, 5.41) is 0. The van der Waals surface area contributed by atoms with Crippen molar-refractivity contribution in [3.63, 3.8) is 0 Å². The predicted octanol–water partition coefficient (Wildman–Crippen LogP) is -1.52. The molecular weight excluding hydrogens is 346 g/mol. The summed E-state index contributed by atoms with van der Waals surface area (Å²) < 4.78 is 18.2. The predicted molar refractivity (Wildman–Crippen MR) is 89.0 cm³/mol. The number of carbonyl (C=O) groups is 1. The van der Waals surface area contributed by atoms with Crippen LogP contribution in [0.4, 0.5) is 0 Å². The average molecular weight is 367 g/mol. The first-order valence-electron chi connectivity index (χ1n) is 8.38. The molecule has 3 rings (SSSR count). The average Bonchev–Trinajstić information content (AvgIpc) is 3.50. The number of epoxide rings is 2. The molecule has 10 nitrogen and oxygen atoms in total. The molecule has 0 saturated carbocycles.